The van der Waals surface area contributed by atoms with E-state index in [2.05, 4.69) is 16.6 Å². The third kappa shape index (κ3) is 2.22. The van der Waals surface area contributed by atoms with Gasteiger partial charge in [-0.2, -0.15) is 9.78 Å². The highest BCUT2D eigenvalue weighted by molar-refractivity contribution is 5.90. The van der Waals surface area contributed by atoms with E-state index in [1.807, 2.05) is 37.3 Å². The number of amides is 1. The molecule has 0 fully saturated rings. The first-order chi connectivity index (χ1) is 7.25. The fraction of sp³-hybridized carbons (Fsp3) is 0.0909. The van der Waals surface area contributed by atoms with Gasteiger partial charge < -0.3 is 5.32 Å². The lowest BCUT2D eigenvalue weighted by atomic mass is 10.3. The van der Waals surface area contributed by atoms with Gasteiger partial charge in [-0.05, 0) is 25.1 Å². The highest BCUT2D eigenvalue weighted by Gasteiger charge is 2.05. The number of hydrogen-bond acceptors (Lipinski definition) is 2. The van der Waals surface area contributed by atoms with Gasteiger partial charge in [0.25, 0.3) is 0 Å². The molecule has 2 rings (SSSR count). The molecule has 75 valence electrons. The monoisotopic (exact) mass is 200 g/mol. The molecule has 0 aliphatic heterocycles. The minimum Gasteiger partial charge on any atom is -0.306 e. The zero-order valence-electron chi connectivity index (χ0n) is 8.27. The van der Waals surface area contributed by atoms with Crippen molar-refractivity contribution >= 4 is 11.7 Å². The van der Waals surface area contributed by atoms with E-state index in [4.69, 9.17) is 0 Å². The number of rotatable bonds is 1. The maximum Gasteiger partial charge on any atom is 0.347 e. The largest absolute Gasteiger partial charge is 0.347 e. The predicted octanol–water partition coefficient (Wildman–Crippen LogP) is 2.07. The van der Waals surface area contributed by atoms with Crippen molar-refractivity contribution in [2.24, 2.45) is 0 Å². The number of carbonyl (C=O) groups is 1. The van der Waals surface area contributed by atoms with Gasteiger partial charge in [0.05, 0.1) is 11.9 Å². The Hall–Kier alpha value is -2.10. The van der Waals surface area contributed by atoms with E-state index in [1.54, 1.807) is 6.07 Å². The highest BCUT2D eigenvalue weighted by Crippen LogP contribution is 2.05. The van der Waals surface area contributed by atoms with E-state index >= 15 is 0 Å². The summed E-state index contributed by atoms with van der Waals surface area (Å²) in [4.78, 5) is 11.6. The van der Waals surface area contributed by atoms with Crippen LogP contribution >= 0.6 is 0 Å². The summed E-state index contributed by atoms with van der Waals surface area (Å²) < 4.78 is 1.16. The molecule has 0 atom stereocenters. The van der Waals surface area contributed by atoms with E-state index in [1.165, 1.54) is 0 Å². The molecule has 2 aromatic rings. The zero-order chi connectivity index (χ0) is 10.7. The maximum atomic E-state index is 11.6. The summed E-state index contributed by atoms with van der Waals surface area (Å²) in [6.07, 6.45) is 2.72. The molecule has 1 heterocycles. The number of nitrogens with zero attached hydrogens (tertiary/aromatic N) is 2. The van der Waals surface area contributed by atoms with Gasteiger partial charge in [0.2, 0.25) is 0 Å². The first-order valence-corrected chi connectivity index (χ1v) is 4.56. The van der Waals surface area contributed by atoms with Crippen LogP contribution in [-0.2, 0) is 0 Å². The van der Waals surface area contributed by atoms with E-state index in [9.17, 15) is 4.79 Å². The molecule has 15 heavy (non-hydrogen) atoms. The van der Waals surface area contributed by atoms with Crippen molar-refractivity contribution in [3.63, 3.8) is 0 Å². The molecule has 0 aliphatic rings. The first kappa shape index (κ1) is 9.45. The molecule has 0 spiro atoms. The van der Waals surface area contributed by atoms with Gasteiger partial charge >= 0.3 is 6.03 Å². The van der Waals surface area contributed by atoms with Crippen LogP contribution in [0.1, 0.15) is 5.69 Å². The highest BCUT2D eigenvalue weighted by atomic mass is 16.2. The van der Waals surface area contributed by atoms with E-state index in [0.717, 1.165) is 16.1 Å². The number of anilines is 1. The molecule has 1 N–H and O–H groups in total. The molecule has 4 heteroatoms. The second kappa shape index (κ2) is 3.96. The van der Waals surface area contributed by atoms with Crippen LogP contribution in [0.5, 0.6) is 0 Å². The number of benzene rings is 1. The van der Waals surface area contributed by atoms with Crippen LogP contribution in [-0.4, -0.2) is 15.8 Å². The minimum atomic E-state index is -0.311. The number of aryl methyl sites for hydroxylation is 1. The van der Waals surface area contributed by atoms with E-state index < -0.39 is 0 Å². The van der Waals surface area contributed by atoms with Crippen LogP contribution in [0.4, 0.5) is 10.5 Å². The molecule has 1 aromatic heterocycles. The molecule has 1 radical (unpaired) electrons. The van der Waals surface area contributed by atoms with Crippen molar-refractivity contribution in [3.05, 3.63) is 48.3 Å². The number of para-hydroxylation sites is 1. The fourth-order valence-electron chi connectivity index (χ4n) is 1.17. The van der Waals surface area contributed by atoms with Gasteiger partial charge in [-0.15, -0.1) is 0 Å². The Bertz CT molecular complexity index is 462. The normalized spacial score (nSPS) is 9.93. The van der Waals surface area contributed by atoms with Gasteiger partial charge in [0.1, 0.15) is 0 Å². The topological polar surface area (TPSA) is 46.9 Å². The Morgan fingerprint density at radius 1 is 1.40 bits per heavy atom. The summed E-state index contributed by atoms with van der Waals surface area (Å²) in [7, 11) is 0. The summed E-state index contributed by atoms with van der Waals surface area (Å²) in [6.45, 7) is 1.81. The third-order valence-corrected chi connectivity index (χ3v) is 1.87. The fourth-order valence-corrected chi connectivity index (χ4v) is 1.17. The van der Waals surface area contributed by atoms with Crippen LogP contribution in [0, 0.1) is 13.1 Å². The standard InChI is InChI=1S/C11H10N3O/c1-9-7-8-14(13-9)11(15)12-10-5-3-2-4-6-10/h2-7H,1H3,(H,12,15). The van der Waals surface area contributed by atoms with Gasteiger partial charge in [-0.1, -0.05) is 18.2 Å². The van der Waals surface area contributed by atoms with E-state index in [0.29, 0.717) is 0 Å². The quantitative estimate of drug-likeness (QED) is 0.766. The van der Waals surface area contributed by atoms with Gasteiger partial charge in [-0.25, -0.2) is 4.79 Å². The molecule has 0 bridgehead atoms. The molecule has 0 unspecified atom stereocenters. The minimum absolute atomic E-state index is 0.311. The van der Waals surface area contributed by atoms with Gasteiger partial charge in [0.15, 0.2) is 0 Å². The number of aromatic nitrogens is 2. The predicted molar refractivity (Wildman–Crippen MR) is 56.7 cm³/mol. The lowest BCUT2D eigenvalue weighted by Crippen LogP contribution is -2.20. The summed E-state index contributed by atoms with van der Waals surface area (Å²) in [6, 6.07) is 10.6. The molecule has 4 nitrogen and oxygen atoms in total. The molecular formula is C11H10N3O. The summed E-state index contributed by atoms with van der Waals surface area (Å²) in [5.74, 6) is 0. The Morgan fingerprint density at radius 2 is 2.13 bits per heavy atom. The van der Waals surface area contributed by atoms with Crippen LogP contribution in [0.3, 0.4) is 0 Å². The molecule has 0 saturated carbocycles. The van der Waals surface area contributed by atoms with Gasteiger partial charge in [-0.3, -0.25) is 0 Å². The van der Waals surface area contributed by atoms with Crippen molar-refractivity contribution < 1.29 is 4.79 Å². The second-order valence-electron chi connectivity index (χ2n) is 3.12. The average molecular weight is 200 g/mol. The Morgan fingerprint density at radius 3 is 2.73 bits per heavy atom. The van der Waals surface area contributed by atoms with Crippen LogP contribution < -0.4 is 5.32 Å². The van der Waals surface area contributed by atoms with E-state index in [-0.39, 0.29) is 6.03 Å². The SMILES string of the molecule is Cc1c[c]n(C(=O)Nc2ccccc2)n1. The van der Waals surface area contributed by atoms with Crippen molar-refractivity contribution in [2.45, 2.75) is 6.92 Å². The molecule has 0 aliphatic carbocycles. The third-order valence-electron chi connectivity index (χ3n) is 1.87. The number of carbonyl (C=O) groups excluding carboxylic acids is 1. The summed E-state index contributed by atoms with van der Waals surface area (Å²) in [5.41, 5.74) is 1.50. The molecule has 1 aromatic carbocycles. The Balaban J connectivity index is 2.11. The van der Waals surface area contributed by atoms with Crippen molar-refractivity contribution in [1.82, 2.24) is 9.78 Å². The Kier molecular flexibility index (Phi) is 2.49. The van der Waals surface area contributed by atoms with Gasteiger partial charge in [0, 0.05) is 5.69 Å². The van der Waals surface area contributed by atoms with Crippen molar-refractivity contribution in [2.75, 3.05) is 5.32 Å². The summed E-state index contributed by atoms with van der Waals surface area (Å²) >= 11 is 0. The zero-order valence-corrected chi connectivity index (χ0v) is 8.27. The van der Waals surface area contributed by atoms with Crippen LogP contribution in [0.15, 0.2) is 36.4 Å². The average Bonchev–Trinajstić information content (AvgIpc) is 2.66. The first-order valence-electron chi connectivity index (χ1n) is 4.56. The number of nitrogens with one attached hydrogen (secondary N) is 1. The van der Waals surface area contributed by atoms with Crippen molar-refractivity contribution in [3.8, 4) is 0 Å². The van der Waals surface area contributed by atoms with Crippen LogP contribution in [0.2, 0.25) is 0 Å². The molecule has 0 saturated heterocycles. The lowest BCUT2D eigenvalue weighted by molar-refractivity contribution is 0.250. The molecular weight excluding hydrogens is 190 g/mol. The maximum absolute atomic E-state index is 11.6. The number of hydrogen-bond donors (Lipinski definition) is 1. The Labute approximate surface area is 87.5 Å². The van der Waals surface area contributed by atoms with Crippen molar-refractivity contribution in [1.29, 1.82) is 0 Å². The smallest absolute Gasteiger partial charge is 0.306 e. The summed E-state index contributed by atoms with van der Waals surface area (Å²) in [5, 5.41) is 6.66. The lowest BCUT2D eigenvalue weighted by Gasteiger charge is -2.03. The van der Waals surface area contributed by atoms with Crippen LogP contribution in [0.25, 0.3) is 0 Å². The second-order valence-corrected chi connectivity index (χ2v) is 3.12. The molecule has 1 amide bonds.